The molecule has 1 heterocycles. The average Bonchev–Trinajstić information content (AvgIpc) is 2.59. The first-order chi connectivity index (χ1) is 11.6. The van der Waals surface area contributed by atoms with Gasteiger partial charge in [-0.25, -0.2) is 0 Å². The predicted octanol–water partition coefficient (Wildman–Crippen LogP) is 1.56. The van der Waals surface area contributed by atoms with E-state index >= 15 is 0 Å². The summed E-state index contributed by atoms with van der Waals surface area (Å²) >= 11 is 0. The lowest BCUT2D eigenvalue weighted by Gasteiger charge is -2.31. The normalized spacial score (nSPS) is 20.0. The number of ether oxygens (including phenoxy) is 2. The number of primary amides is 1. The highest BCUT2D eigenvalue weighted by Gasteiger charge is 2.35. The highest BCUT2D eigenvalue weighted by atomic mass is 16.6. The van der Waals surface area contributed by atoms with Crippen molar-refractivity contribution in [2.24, 2.45) is 5.73 Å². The summed E-state index contributed by atoms with van der Waals surface area (Å²) in [6.45, 7) is 1.74. The number of hydrogen-bond donors (Lipinski definition) is 2. The zero-order valence-corrected chi connectivity index (χ0v) is 13.1. The van der Waals surface area contributed by atoms with Crippen LogP contribution >= 0.6 is 0 Å². The van der Waals surface area contributed by atoms with E-state index in [0.29, 0.717) is 17.1 Å². The molecular weight excluding hydrogens is 308 g/mol. The van der Waals surface area contributed by atoms with Crippen LogP contribution in [0.3, 0.4) is 0 Å². The predicted molar refractivity (Wildman–Crippen MR) is 87.5 cm³/mol. The third kappa shape index (κ3) is 3.17. The summed E-state index contributed by atoms with van der Waals surface area (Å²) in [5, 5.41) is 2.65. The lowest BCUT2D eigenvalue weighted by molar-refractivity contribution is -0.136. The Balaban J connectivity index is 1.77. The average molecular weight is 326 g/mol. The molecule has 0 spiro atoms. The van der Waals surface area contributed by atoms with Crippen LogP contribution in [0.2, 0.25) is 0 Å². The van der Waals surface area contributed by atoms with E-state index in [2.05, 4.69) is 5.32 Å². The van der Waals surface area contributed by atoms with Gasteiger partial charge < -0.3 is 20.5 Å². The summed E-state index contributed by atoms with van der Waals surface area (Å²) in [6.07, 6.45) is -1.37. The Morgan fingerprint density at radius 1 is 1.00 bits per heavy atom. The molecule has 0 fully saturated rings. The Hall–Kier alpha value is -3.02. The molecule has 0 radical (unpaired) electrons. The molecule has 3 atom stereocenters. The Bertz CT molecular complexity index is 748. The van der Waals surface area contributed by atoms with Crippen LogP contribution in [-0.2, 0) is 9.59 Å². The van der Waals surface area contributed by atoms with Crippen LogP contribution < -0.4 is 20.5 Å². The van der Waals surface area contributed by atoms with Crippen LogP contribution in [0.4, 0.5) is 0 Å². The maximum Gasteiger partial charge on any atom is 0.265 e. The third-order valence-electron chi connectivity index (χ3n) is 3.80. The van der Waals surface area contributed by atoms with E-state index in [1.165, 1.54) is 0 Å². The van der Waals surface area contributed by atoms with Crippen LogP contribution in [0.1, 0.15) is 18.5 Å². The van der Waals surface area contributed by atoms with Crippen molar-refractivity contribution >= 4 is 11.8 Å². The van der Waals surface area contributed by atoms with E-state index in [9.17, 15) is 9.59 Å². The molecule has 1 aliphatic heterocycles. The fourth-order valence-corrected chi connectivity index (χ4v) is 2.59. The van der Waals surface area contributed by atoms with E-state index in [1.807, 2.05) is 12.1 Å². The van der Waals surface area contributed by atoms with E-state index in [-0.39, 0.29) is 0 Å². The lowest BCUT2D eigenvalue weighted by Crippen LogP contribution is -2.51. The second-order valence-corrected chi connectivity index (χ2v) is 5.56. The molecule has 3 N–H and O–H groups in total. The fraction of sp³-hybridized carbons (Fsp3) is 0.222. The molecule has 0 unspecified atom stereocenters. The number of nitrogens with two attached hydrogens (primary N) is 1. The summed E-state index contributed by atoms with van der Waals surface area (Å²) in [5.74, 6) is -0.0152. The van der Waals surface area contributed by atoms with Gasteiger partial charge in [-0.3, -0.25) is 9.59 Å². The second kappa shape index (κ2) is 6.62. The maximum absolute atomic E-state index is 12.6. The minimum Gasteiger partial charge on any atom is -0.482 e. The van der Waals surface area contributed by atoms with Crippen molar-refractivity contribution in [3.63, 3.8) is 0 Å². The number of para-hydroxylation sites is 2. The molecule has 2 amide bonds. The van der Waals surface area contributed by atoms with Crippen molar-refractivity contribution in [1.82, 2.24) is 5.32 Å². The van der Waals surface area contributed by atoms with Crippen LogP contribution in [0.25, 0.3) is 0 Å². The standard InChI is InChI=1S/C18H18N2O4/c1-11-16(24-14-10-6-5-9-13(14)23-11)18(22)20-15(17(19)21)12-7-3-2-4-8-12/h2-11,15-16H,1H3,(H2,19,21)(H,20,22)/t11-,15-,16+/m0/s1. The van der Waals surface area contributed by atoms with Gasteiger partial charge >= 0.3 is 0 Å². The Morgan fingerprint density at radius 2 is 1.58 bits per heavy atom. The summed E-state index contributed by atoms with van der Waals surface area (Å²) in [4.78, 5) is 24.3. The maximum atomic E-state index is 12.6. The van der Waals surface area contributed by atoms with Crippen molar-refractivity contribution in [2.75, 3.05) is 0 Å². The van der Waals surface area contributed by atoms with Crippen molar-refractivity contribution in [3.8, 4) is 11.5 Å². The van der Waals surface area contributed by atoms with Crippen LogP contribution in [0, 0.1) is 0 Å². The van der Waals surface area contributed by atoms with Crippen molar-refractivity contribution in [1.29, 1.82) is 0 Å². The van der Waals surface area contributed by atoms with Gasteiger partial charge in [0.2, 0.25) is 12.0 Å². The van der Waals surface area contributed by atoms with Crippen molar-refractivity contribution in [2.45, 2.75) is 25.2 Å². The van der Waals surface area contributed by atoms with Crippen LogP contribution in [-0.4, -0.2) is 24.0 Å². The van der Waals surface area contributed by atoms with Gasteiger partial charge in [-0.05, 0) is 24.6 Å². The molecule has 0 aliphatic carbocycles. The molecule has 6 nitrogen and oxygen atoms in total. The monoisotopic (exact) mass is 326 g/mol. The first kappa shape index (κ1) is 15.9. The molecule has 2 aromatic carbocycles. The molecule has 0 bridgehead atoms. The van der Waals surface area contributed by atoms with E-state index in [4.69, 9.17) is 15.2 Å². The molecular formula is C18H18N2O4. The smallest absolute Gasteiger partial charge is 0.265 e. The summed E-state index contributed by atoms with van der Waals surface area (Å²) in [7, 11) is 0. The summed E-state index contributed by atoms with van der Waals surface area (Å²) in [5.41, 5.74) is 6.05. The van der Waals surface area contributed by atoms with Crippen molar-refractivity contribution < 1.29 is 19.1 Å². The number of hydrogen-bond acceptors (Lipinski definition) is 4. The molecule has 24 heavy (non-hydrogen) atoms. The van der Waals surface area contributed by atoms with Gasteiger partial charge in [0.05, 0.1) is 0 Å². The number of rotatable bonds is 4. The first-order valence-electron chi connectivity index (χ1n) is 7.63. The number of carbonyl (C=O) groups is 2. The zero-order chi connectivity index (χ0) is 17.1. The molecule has 0 saturated carbocycles. The largest absolute Gasteiger partial charge is 0.482 e. The molecule has 124 valence electrons. The SMILES string of the molecule is C[C@@H]1Oc2ccccc2O[C@H]1C(=O)N[C@H](C(N)=O)c1ccccc1. The van der Waals surface area contributed by atoms with E-state index in [0.717, 1.165) is 0 Å². The number of carbonyl (C=O) groups excluding carboxylic acids is 2. The molecule has 3 rings (SSSR count). The first-order valence-corrected chi connectivity index (χ1v) is 7.63. The Morgan fingerprint density at radius 3 is 2.21 bits per heavy atom. The highest BCUT2D eigenvalue weighted by molar-refractivity contribution is 5.90. The Labute approximate surface area is 139 Å². The molecule has 1 aliphatic rings. The van der Waals surface area contributed by atoms with Gasteiger partial charge in [0, 0.05) is 0 Å². The minimum absolute atomic E-state index is 0.454. The highest BCUT2D eigenvalue weighted by Crippen LogP contribution is 2.33. The third-order valence-corrected chi connectivity index (χ3v) is 3.80. The topological polar surface area (TPSA) is 90.7 Å². The number of nitrogens with one attached hydrogen (secondary N) is 1. The molecule has 6 heteroatoms. The molecule has 0 aromatic heterocycles. The fourth-order valence-electron chi connectivity index (χ4n) is 2.59. The van der Waals surface area contributed by atoms with Gasteiger partial charge in [0.25, 0.3) is 5.91 Å². The number of fused-ring (bicyclic) bond motifs is 1. The van der Waals surface area contributed by atoms with E-state index < -0.39 is 30.1 Å². The second-order valence-electron chi connectivity index (χ2n) is 5.56. The van der Waals surface area contributed by atoms with Gasteiger partial charge in [-0.2, -0.15) is 0 Å². The minimum atomic E-state index is -0.924. The van der Waals surface area contributed by atoms with Crippen LogP contribution in [0.15, 0.2) is 54.6 Å². The quantitative estimate of drug-likeness (QED) is 0.892. The van der Waals surface area contributed by atoms with Crippen LogP contribution in [0.5, 0.6) is 11.5 Å². The van der Waals surface area contributed by atoms with Gasteiger partial charge in [-0.15, -0.1) is 0 Å². The summed E-state index contributed by atoms with van der Waals surface area (Å²) < 4.78 is 11.4. The van der Waals surface area contributed by atoms with Gasteiger partial charge in [0.15, 0.2) is 11.5 Å². The van der Waals surface area contributed by atoms with Crippen molar-refractivity contribution in [3.05, 3.63) is 60.2 Å². The van der Waals surface area contributed by atoms with Gasteiger partial charge in [-0.1, -0.05) is 42.5 Å². The summed E-state index contributed by atoms with van der Waals surface area (Å²) in [6, 6.07) is 15.0. The lowest BCUT2D eigenvalue weighted by atomic mass is 10.1. The Kier molecular flexibility index (Phi) is 4.37. The van der Waals surface area contributed by atoms with Gasteiger partial charge in [0.1, 0.15) is 12.1 Å². The number of benzene rings is 2. The zero-order valence-electron chi connectivity index (χ0n) is 13.1. The van der Waals surface area contributed by atoms with E-state index in [1.54, 1.807) is 49.4 Å². The molecule has 2 aromatic rings. The number of amides is 2. The molecule has 0 saturated heterocycles.